The first-order valence-corrected chi connectivity index (χ1v) is 6.22. The van der Waals surface area contributed by atoms with Crippen LogP contribution in [0.3, 0.4) is 0 Å². The number of aliphatic hydroxyl groups is 1. The number of carbonyl (C=O) groups excluding carboxylic acids is 1. The molecule has 19 heavy (non-hydrogen) atoms. The van der Waals surface area contributed by atoms with E-state index in [1.54, 1.807) is 19.1 Å². The number of hydrogen-bond acceptors (Lipinski definition) is 3. The van der Waals surface area contributed by atoms with Crippen LogP contribution in [0.4, 0.5) is 0 Å². The highest BCUT2D eigenvalue weighted by molar-refractivity contribution is 5.76. The molecule has 0 heterocycles. The Morgan fingerprint density at radius 3 is 2.21 bits per heavy atom. The van der Waals surface area contributed by atoms with Crippen molar-refractivity contribution in [1.82, 2.24) is 0 Å². The van der Waals surface area contributed by atoms with E-state index in [9.17, 15) is 9.90 Å². The molecular weight excluding hydrogens is 240 g/mol. The highest BCUT2D eigenvalue weighted by atomic mass is 16.5. The van der Waals surface area contributed by atoms with Gasteiger partial charge >= 0.3 is 5.97 Å². The fourth-order valence-electron chi connectivity index (χ4n) is 1.85. The molecule has 0 saturated carbocycles. The second kappa shape index (κ2) is 6.16. The largest absolute Gasteiger partial charge is 0.464 e. The van der Waals surface area contributed by atoms with Gasteiger partial charge in [0, 0.05) is 0 Å². The smallest absolute Gasteiger partial charge is 0.339 e. The minimum atomic E-state index is -1.22. The summed E-state index contributed by atoms with van der Waals surface area (Å²) in [6, 6.07) is 17.2. The van der Waals surface area contributed by atoms with Crippen molar-refractivity contribution in [2.45, 2.75) is 13.0 Å². The van der Waals surface area contributed by atoms with Gasteiger partial charge in [-0.15, -0.1) is 0 Å². The first-order valence-electron chi connectivity index (χ1n) is 6.22. The molecule has 2 rings (SSSR count). The van der Waals surface area contributed by atoms with Crippen LogP contribution in [0.5, 0.6) is 0 Å². The van der Waals surface area contributed by atoms with Gasteiger partial charge in [0.15, 0.2) is 6.10 Å². The number of carbonyl (C=O) groups is 1. The van der Waals surface area contributed by atoms with Gasteiger partial charge in [-0.25, -0.2) is 4.79 Å². The molecule has 0 saturated heterocycles. The van der Waals surface area contributed by atoms with Gasteiger partial charge in [-0.3, -0.25) is 0 Å². The lowest BCUT2D eigenvalue weighted by Gasteiger charge is -2.10. The normalized spacial score (nSPS) is 11.9. The zero-order chi connectivity index (χ0) is 13.7. The van der Waals surface area contributed by atoms with Gasteiger partial charge in [-0.2, -0.15) is 0 Å². The maximum absolute atomic E-state index is 11.4. The zero-order valence-corrected chi connectivity index (χ0v) is 10.7. The van der Waals surface area contributed by atoms with Crippen LogP contribution in [-0.4, -0.2) is 17.7 Å². The van der Waals surface area contributed by atoms with Gasteiger partial charge < -0.3 is 9.84 Å². The number of benzene rings is 2. The average Bonchev–Trinajstić information content (AvgIpc) is 2.48. The molecule has 0 unspecified atom stereocenters. The van der Waals surface area contributed by atoms with Crippen molar-refractivity contribution in [3.05, 3.63) is 60.2 Å². The molecule has 2 aromatic carbocycles. The van der Waals surface area contributed by atoms with Gasteiger partial charge in [0.2, 0.25) is 0 Å². The third-order valence-electron chi connectivity index (χ3n) is 2.84. The molecule has 3 nitrogen and oxygen atoms in total. The van der Waals surface area contributed by atoms with Crippen molar-refractivity contribution in [3.8, 4) is 11.1 Å². The second-order valence-electron chi connectivity index (χ2n) is 4.14. The molecule has 0 bridgehead atoms. The molecule has 1 N–H and O–H groups in total. The summed E-state index contributed by atoms with van der Waals surface area (Å²) in [5, 5.41) is 9.81. The lowest BCUT2D eigenvalue weighted by molar-refractivity contribution is -0.153. The minimum Gasteiger partial charge on any atom is -0.464 e. The third kappa shape index (κ3) is 3.20. The van der Waals surface area contributed by atoms with E-state index in [0.29, 0.717) is 5.56 Å². The minimum absolute atomic E-state index is 0.262. The van der Waals surface area contributed by atoms with E-state index >= 15 is 0 Å². The van der Waals surface area contributed by atoms with Crippen molar-refractivity contribution in [2.75, 3.05) is 6.61 Å². The Morgan fingerprint density at radius 1 is 1.05 bits per heavy atom. The molecule has 0 radical (unpaired) electrons. The van der Waals surface area contributed by atoms with Crippen LogP contribution in [0.2, 0.25) is 0 Å². The predicted octanol–water partition coefficient (Wildman–Crippen LogP) is 2.95. The summed E-state index contributed by atoms with van der Waals surface area (Å²) < 4.78 is 4.78. The van der Waals surface area contributed by atoms with Gasteiger partial charge in [0.1, 0.15) is 0 Å². The van der Waals surface area contributed by atoms with E-state index in [0.717, 1.165) is 11.1 Å². The molecule has 0 aliphatic heterocycles. The van der Waals surface area contributed by atoms with Crippen LogP contribution in [0, 0.1) is 0 Å². The maximum atomic E-state index is 11.4. The molecule has 0 spiro atoms. The first kappa shape index (κ1) is 13.3. The SMILES string of the molecule is CCOC(=O)[C@@H](O)c1ccc(-c2ccccc2)cc1. The lowest BCUT2D eigenvalue weighted by Crippen LogP contribution is -2.15. The van der Waals surface area contributed by atoms with Gasteiger partial charge in [-0.1, -0.05) is 54.6 Å². The van der Waals surface area contributed by atoms with Crippen LogP contribution in [0.15, 0.2) is 54.6 Å². The lowest BCUT2D eigenvalue weighted by atomic mass is 10.0. The van der Waals surface area contributed by atoms with Crippen LogP contribution in [-0.2, 0) is 9.53 Å². The molecule has 2 aromatic rings. The van der Waals surface area contributed by atoms with E-state index in [1.165, 1.54) is 0 Å². The summed E-state index contributed by atoms with van der Waals surface area (Å²) in [7, 11) is 0. The van der Waals surface area contributed by atoms with Crippen LogP contribution in [0.25, 0.3) is 11.1 Å². The molecule has 98 valence electrons. The molecule has 0 fully saturated rings. The highest BCUT2D eigenvalue weighted by Gasteiger charge is 2.18. The second-order valence-corrected chi connectivity index (χ2v) is 4.14. The monoisotopic (exact) mass is 256 g/mol. The summed E-state index contributed by atoms with van der Waals surface area (Å²) in [5.41, 5.74) is 2.68. The summed E-state index contributed by atoms with van der Waals surface area (Å²) >= 11 is 0. The Bertz CT molecular complexity index is 532. The Labute approximate surface area is 112 Å². The highest BCUT2D eigenvalue weighted by Crippen LogP contribution is 2.22. The number of aliphatic hydroxyl groups excluding tert-OH is 1. The molecular formula is C16H16O3. The molecule has 3 heteroatoms. The fraction of sp³-hybridized carbons (Fsp3) is 0.188. The van der Waals surface area contributed by atoms with Gasteiger partial charge in [-0.05, 0) is 23.6 Å². The summed E-state index contributed by atoms with van der Waals surface area (Å²) in [4.78, 5) is 11.4. The predicted molar refractivity (Wildman–Crippen MR) is 73.5 cm³/mol. The number of rotatable bonds is 4. The summed E-state index contributed by atoms with van der Waals surface area (Å²) in [5.74, 6) is -0.616. The van der Waals surface area contributed by atoms with Crippen molar-refractivity contribution < 1.29 is 14.6 Å². The van der Waals surface area contributed by atoms with Crippen molar-refractivity contribution in [3.63, 3.8) is 0 Å². The van der Waals surface area contributed by atoms with E-state index in [1.807, 2.05) is 42.5 Å². The zero-order valence-electron chi connectivity index (χ0n) is 10.7. The van der Waals surface area contributed by atoms with Crippen LogP contribution in [0.1, 0.15) is 18.6 Å². The third-order valence-corrected chi connectivity index (χ3v) is 2.84. The van der Waals surface area contributed by atoms with Crippen molar-refractivity contribution in [2.24, 2.45) is 0 Å². The van der Waals surface area contributed by atoms with E-state index in [4.69, 9.17) is 4.74 Å². The molecule has 0 aromatic heterocycles. The number of hydrogen-bond donors (Lipinski definition) is 1. The first-order chi connectivity index (χ1) is 9.22. The molecule has 1 atom stereocenters. The molecule has 0 aliphatic carbocycles. The summed E-state index contributed by atoms with van der Waals surface area (Å²) in [6.45, 7) is 1.97. The summed E-state index contributed by atoms with van der Waals surface area (Å²) in [6.07, 6.45) is -1.22. The van der Waals surface area contributed by atoms with E-state index < -0.39 is 12.1 Å². The Balaban J connectivity index is 2.17. The topological polar surface area (TPSA) is 46.5 Å². The number of esters is 1. The van der Waals surface area contributed by atoms with Gasteiger partial charge in [0.25, 0.3) is 0 Å². The Kier molecular flexibility index (Phi) is 4.31. The standard InChI is InChI=1S/C16H16O3/c1-2-19-16(18)15(17)14-10-8-13(9-11-14)12-6-4-3-5-7-12/h3-11,15,17H,2H2,1H3/t15-/m0/s1. The molecule has 0 amide bonds. The number of ether oxygens (including phenoxy) is 1. The Morgan fingerprint density at radius 2 is 1.63 bits per heavy atom. The van der Waals surface area contributed by atoms with E-state index in [-0.39, 0.29) is 6.61 Å². The maximum Gasteiger partial charge on any atom is 0.339 e. The fourth-order valence-corrected chi connectivity index (χ4v) is 1.85. The van der Waals surface area contributed by atoms with E-state index in [2.05, 4.69) is 0 Å². The van der Waals surface area contributed by atoms with Gasteiger partial charge in [0.05, 0.1) is 6.61 Å². The molecule has 0 aliphatic rings. The van der Waals surface area contributed by atoms with Crippen molar-refractivity contribution >= 4 is 5.97 Å². The average molecular weight is 256 g/mol. The van der Waals surface area contributed by atoms with Crippen LogP contribution < -0.4 is 0 Å². The van der Waals surface area contributed by atoms with Crippen molar-refractivity contribution in [1.29, 1.82) is 0 Å². The quantitative estimate of drug-likeness (QED) is 0.855. The Hall–Kier alpha value is -2.13. The van der Waals surface area contributed by atoms with Crippen LogP contribution >= 0.6 is 0 Å².